The third-order valence-corrected chi connectivity index (χ3v) is 4.63. The number of carbonyl (C=O) groups excluding carboxylic acids is 3. The molecule has 0 radical (unpaired) electrons. The molecule has 0 saturated heterocycles. The number of aromatic hydroxyl groups is 2. The van der Waals surface area contributed by atoms with E-state index >= 15 is 0 Å². The summed E-state index contributed by atoms with van der Waals surface area (Å²) in [7, 11) is 0. The minimum Gasteiger partial charge on any atom is -0.492 e. The number of hydrogen-bond donors (Lipinski definition) is 4. The van der Waals surface area contributed by atoms with E-state index in [2.05, 4.69) is 10.6 Å². The summed E-state index contributed by atoms with van der Waals surface area (Å²) in [5.41, 5.74) is 0.247. The SMILES string of the molecule is CC(C)(C)OC(=O)NCCCCCC(=O)N[C@@H](Cc1ccccc1)C(=O)On1c(O)ccc1O. The van der Waals surface area contributed by atoms with Crippen LogP contribution >= 0.6 is 0 Å². The summed E-state index contributed by atoms with van der Waals surface area (Å²) >= 11 is 0. The molecule has 2 aromatic rings. The highest BCUT2D eigenvalue weighted by atomic mass is 16.7. The van der Waals surface area contributed by atoms with Gasteiger partial charge < -0.3 is 30.4 Å². The van der Waals surface area contributed by atoms with Crippen LogP contribution in [0.5, 0.6) is 11.8 Å². The molecule has 1 heterocycles. The van der Waals surface area contributed by atoms with Crippen LogP contribution in [0, 0.1) is 0 Å². The summed E-state index contributed by atoms with van der Waals surface area (Å²) < 4.78 is 5.75. The number of unbranched alkanes of at least 4 members (excludes halogenated alkanes) is 2. The Balaban J connectivity index is 1.83. The van der Waals surface area contributed by atoms with E-state index in [0.29, 0.717) is 30.5 Å². The molecule has 0 fully saturated rings. The lowest BCUT2D eigenvalue weighted by molar-refractivity contribution is -0.149. The van der Waals surface area contributed by atoms with E-state index in [0.717, 1.165) is 5.56 Å². The molecule has 10 nitrogen and oxygen atoms in total. The number of ether oxygens (including phenoxy) is 1. The Hall–Kier alpha value is -3.69. The van der Waals surface area contributed by atoms with Crippen molar-refractivity contribution in [3.05, 3.63) is 48.0 Å². The first kappa shape index (κ1) is 26.6. The predicted molar refractivity (Wildman–Crippen MR) is 124 cm³/mol. The molecule has 0 saturated carbocycles. The maximum atomic E-state index is 12.7. The number of hydrogen-bond acceptors (Lipinski definition) is 7. The molecule has 2 amide bonds. The van der Waals surface area contributed by atoms with Gasteiger partial charge in [-0.1, -0.05) is 36.8 Å². The molecule has 0 unspecified atom stereocenters. The Morgan fingerprint density at radius 2 is 1.62 bits per heavy atom. The van der Waals surface area contributed by atoms with Crippen LogP contribution in [0.4, 0.5) is 4.79 Å². The molecule has 10 heteroatoms. The van der Waals surface area contributed by atoms with Crippen molar-refractivity contribution in [3.63, 3.8) is 0 Å². The van der Waals surface area contributed by atoms with Crippen LogP contribution in [-0.4, -0.2) is 51.1 Å². The van der Waals surface area contributed by atoms with Crippen molar-refractivity contribution in [3.8, 4) is 11.8 Å². The first-order chi connectivity index (χ1) is 16.0. The topological polar surface area (TPSA) is 139 Å². The smallest absolute Gasteiger partial charge is 0.407 e. The van der Waals surface area contributed by atoms with Crippen LogP contribution in [-0.2, 0) is 20.7 Å². The number of carbonyl (C=O) groups is 3. The van der Waals surface area contributed by atoms with Gasteiger partial charge in [0.15, 0.2) is 0 Å². The van der Waals surface area contributed by atoms with Crippen molar-refractivity contribution in [2.24, 2.45) is 0 Å². The van der Waals surface area contributed by atoms with Gasteiger partial charge >= 0.3 is 12.1 Å². The third kappa shape index (κ3) is 9.43. The van der Waals surface area contributed by atoms with Gasteiger partial charge in [-0.05, 0) is 39.2 Å². The Bertz CT molecular complexity index is 932. The summed E-state index contributed by atoms with van der Waals surface area (Å²) in [5, 5.41) is 24.8. The minimum atomic E-state index is -1.02. The van der Waals surface area contributed by atoms with Gasteiger partial charge in [0.2, 0.25) is 17.7 Å². The predicted octanol–water partition coefficient (Wildman–Crippen LogP) is 2.67. The Morgan fingerprint density at radius 1 is 0.971 bits per heavy atom. The van der Waals surface area contributed by atoms with E-state index in [9.17, 15) is 24.6 Å². The molecule has 1 aromatic heterocycles. The Kier molecular flexibility index (Phi) is 9.78. The summed E-state index contributed by atoms with van der Waals surface area (Å²) in [6.45, 7) is 5.80. The van der Waals surface area contributed by atoms with Crippen molar-refractivity contribution in [1.29, 1.82) is 0 Å². The van der Waals surface area contributed by atoms with E-state index in [1.165, 1.54) is 12.1 Å². The lowest BCUT2D eigenvalue weighted by Crippen LogP contribution is -2.46. The lowest BCUT2D eigenvalue weighted by atomic mass is 10.1. The quantitative estimate of drug-likeness (QED) is 0.366. The number of aromatic nitrogens is 1. The van der Waals surface area contributed by atoms with Crippen LogP contribution in [0.15, 0.2) is 42.5 Å². The molecule has 34 heavy (non-hydrogen) atoms. The molecule has 0 aliphatic carbocycles. The summed E-state index contributed by atoms with van der Waals surface area (Å²) in [6, 6.07) is 10.4. The van der Waals surface area contributed by atoms with E-state index in [1.807, 2.05) is 30.3 Å². The number of nitrogens with zero attached hydrogens (tertiary/aromatic N) is 1. The molecule has 0 aliphatic heterocycles. The molecule has 186 valence electrons. The molecule has 4 N–H and O–H groups in total. The lowest BCUT2D eigenvalue weighted by Gasteiger charge is -2.19. The largest absolute Gasteiger partial charge is 0.492 e. The van der Waals surface area contributed by atoms with E-state index < -0.39 is 35.5 Å². The fraction of sp³-hybridized carbons (Fsp3) is 0.458. The fourth-order valence-corrected chi connectivity index (χ4v) is 3.05. The molecule has 2 rings (SSSR count). The van der Waals surface area contributed by atoms with Gasteiger partial charge in [0, 0.05) is 31.5 Å². The third-order valence-electron chi connectivity index (χ3n) is 4.63. The van der Waals surface area contributed by atoms with E-state index in [1.54, 1.807) is 20.8 Å². The van der Waals surface area contributed by atoms with Gasteiger partial charge in [0.25, 0.3) is 0 Å². The van der Waals surface area contributed by atoms with Crippen LogP contribution in [0.3, 0.4) is 0 Å². The highest BCUT2D eigenvalue weighted by Crippen LogP contribution is 2.19. The van der Waals surface area contributed by atoms with Crippen LogP contribution in [0.1, 0.15) is 52.0 Å². The molecular weight excluding hydrogens is 442 g/mol. The number of alkyl carbamates (subject to hydrolysis) is 1. The molecule has 0 aliphatic rings. The van der Waals surface area contributed by atoms with Crippen molar-refractivity contribution >= 4 is 18.0 Å². The van der Waals surface area contributed by atoms with Crippen LogP contribution in [0.2, 0.25) is 0 Å². The van der Waals surface area contributed by atoms with Crippen molar-refractivity contribution in [2.75, 3.05) is 6.54 Å². The molecule has 0 spiro atoms. The standard InChI is InChI=1S/C24H33N3O7/c1-24(2,3)33-23(32)25-15-9-5-8-12-19(28)26-18(16-17-10-6-4-7-11-17)22(31)34-27-20(29)13-14-21(27)30/h4,6-7,10-11,13-14,18,29-30H,5,8-9,12,15-16H2,1-3H3,(H,25,32)(H,26,28)/t18-/m0/s1. The molecule has 1 aromatic carbocycles. The zero-order valence-corrected chi connectivity index (χ0v) is 19.7. The number of rotatable bonds is 11. The minimum absolute atomic E-state index is 0.175. The second kappa shape index (κ2) is 12.5. The highest BCUT2D eigenvalue weighted by Gasteiger charge is 2.25. The first-order valence-corrected chi connectivity index (χ1v) is 11.2. The monoisotopic (exact) mass is 475 g/mol. The molecule has 0 bridgehead atoms. The molecular formula is C24H33N3O7. The van der Waals surface area contributed by atoms with Gasteiger partial charge in [-0.15, -0.1) is 4.73 Å². The van der Waals surface area contributed by atoms with Crippen LogP contribution < -0.4 is 15.5 Å². The summed E-state index contributed by atoms with van der Waals surface area (Å²) in [6.07, 6.45) is 1.82. The number of benzene rings is 1. The zero-order valence-electron chi connectivity index (χ0n) is 19.7. The maximum Gasteiger partial charge on any atom is 0.407 e. The summed E-state index contributed by atoms with van der Waals surface area (Å²) in [5.74, 6) is -2.06. The second-order valence-corrected chi connectivity index (χ2v) is 8.80. The summed E-state index contributed by atoms with van der Waals surface area (Å²) in [4.78, 5) is 41.9. The van der Waals surface area contributed by atoms with Crippen molar-refractivity contribution < 1.29 is 34.2 Å². The van der Waals surface area contributed by atoms with Crippen molar-refractivity contribution in [1.82, 2.24) is 15.4 Å². The normalized spacial score (nSPS) is 12.0. The fourth-order valence-electron chi connectivity index (χ4n) is 3.05. The average molecular weight is 476 g/mol. The Labute approximate surface area is 198 Å². The number of amides is 2. The van der Waals surface area contributed by atoms with Gasteiger partial charge in [0.05, 0.1) is 0 Å². The zero-order chi connectivity index (χ0) is 25.1. The maximum absolute atomic E-state index is 12.7. The van der Waals surface area contributed by atoms with E-state index in [-0.39, 0.29) is 18.7 Å². The second-order valence-electron chi connectivity index (χ2n) is 8.80. The molecule has 1 atom stereocenters. The average Bonchev–Trinajstić information content (AvgIpc) is 3.07. The first-order valence-electron chi connectivity index (χ1n) is 11.2. The Morgan fingerprint density at radius 3 is 2.24 bits per heavy atom. The van der Waals surface area contributed by atoms with Gasteiger partial charge in [-0.2, -0.15) is 0 Å². The van der Waals surface area contributed by atoms with Crippen LogP contribution in [0.25, 0.3) is 0 Å². The van der Waals surface area contributed by atoms with Crippen molar-refractivity contribution in [2.45, 2.75) is 64.5 Å². The number of nitrogens with one attached hydrogen (secondary N) is 2. The van der Waals surface area contributed by atoms with E-state index in [4.69, 9.17) is 9.57 Å². The highest BCUT2D eigenvalue weighted by molar-refractivity contribution is 5.85. The van der Waals surface area contributed by atoms with Gasteiger partial charge in [-0.3, -0.25) is 4.79 Å². The van der Waals surface area contributed by atoms with Gasteiger partial charge in [0.1, 0.15) is 11.6 Å². The van der Waals surface area contributed by atoms with Gasteiger partial charge in [-0.25, -0.2) is 9.59 Å².